The molecule has 2 rings (SSSR count). The van der Waals surface area contributed by atoms with Crippen molar-refractivity contribution < 1.29 is 13.2 Å². The Kier molecular flexibility index (Phi) is 6.97. The first-order chi connectivity index (χ1) is 12.3. The van der Waals surface area contributed by atoms with Crippen LogP contribution >= 0.6 is 15.9 Å². The van der Waals surface area contributed by atoms with E-state index in [2.05, 4.69) is 21.2 Å². The van der Waals surface area contributed by atoms with Gasteiger partial charge in [0.15, 0.2) is 0 Å². The molecule has 5 nitrogen and oxygen atoms in total. The number of hydrogen-bond acceptors (Lipinski definition) is 3. The summed E-state index contributed by atoms with van der Waals surface area (Å²) in [4.78, 5) is 11.8. The van der Waals surface area contributed by atoms with Gasteiger partial charge in [0.05, 0.1) is 4.90 Å². The Morgan fingerprint density at radius 3 is 2.31 bits per heavy atom. The van der Waals surface area contributed by atoms with Gasteiger partial charge in [-0.05, 0) is 49.2 Å². The highest BCUT2D eigenvalue weighted by Gasteiger charge is 2.30. The summed E-state index contributed by atoms with van der Waals surface area (Å²) in [5.74, 6) is -0.249. The Balaban J connectivity index is 2.41. The Bertz CT molecular complexity index is 867. The molecule has 1 N–H and O–H groups in total. The number of sulfonamides is 1. The minimum absolute atomic E-state index is 0.178. The van der Waals surface area contributed by atoms with Crippen molar-refractivity contribution in [2.45, 2.75) is 31.2 Å². The summed E-state index contributed by atoms with van der Waals surface area (Å²) in [5, 5.41) is 2.52. The predicted molar refractivity (Wildman–Crippen MR) is 107 cm³/mol. The van der Waals surface area contributed by atoms with E-state index in [4.69, 9.17) is 0 Å². The van der Waals surface area contributed by atoms with E-state index in [0.29, 0.717) is 18.5 Å². The minimum Gasteiger partial charge on any atom is -0.355 e. The molecule has 1 amide bonds. The molecule has 0 aliphatic rings. The molecular weight excluding hydrogens is 416 g/mol. The maximum absolute atomic E-state index is 13.2. The lowest BCUT2D eigenvalue weighted by molar-refractivity contribution is 0.0963. The first-order valence-electron chi connectivity index (χ1n) is 8.41. The van der Waals surface area contributed by atoms with E-state index in [1.165, 1.54) is 35.6 Å². The molecule has 0 saturated carbocycles. The molecular formula is C19H23BrN2O3S. The number of carbonyl (C=O) groups is 1. The Morgan fingerprint density at radius 1 is 1.15 bits per heavy atom. The predicted octanol–water partition coefficient (Wildman–Crippen LogP) is 3.97. The van der Waals surface area contributed by atoms with Gasteiger partial charge in [-0.2, -0.15) is 4.31 Å². The average Bonchev–Trinajstić information content (AvgIpc) is 2.65. The first-order valence-corrected chi connectivity index (χ1v) is 10.6. The second-order valence-electron chi connectivity index (χ2n) is 5.92. The van der Waals surface area contributed by atoms with Gasteiger partial charge >= 0.3 is 0 Å². The molecule has 0 aliphatic heterocycles. The fraction of sp³-hybridized carbons (Fsp3) is 0.316. The zero-order valence-electron chi connectivity index (χ0n) is 15.1. The van der Waals surface area contributed by atoms with Crippen LogP contribution in [0.3, 0.4) is 0 Å². The number of nitrogens with zero attached hydrogens (tertiary/aromatic N) is 1. The van der Waals surface area contributed by atoms with Gasteiger partial charge < -0.3 is 5.32 Å². The third-order valence-electron chi connectivity index (χ3n) is 4.18. The molecule has 140 valence electrons. The number of carbonyl (C=O) groups excluding carboxylic acids is 1. The van der Waals surface area contributed by atoms with Crippen molar-refractivity contribution >= 4 is 31.9 Å². The summed E-state index contributed by atoms with van der Waals surface area (Å²) in [6.07, 6.45) is 0.699. The van der Waals surface area contributed by atoms with Crippen molar-refractivity contribution in [2.75, 3.05) is 13.6 Å². The highest BCUT2D eigenvalue weighted by molar-refractivity contribution is 9.10. The maximum Gasteiger partial charge on any atom is 0.251 e. The van der Waals surface area contributed by atoms with Crippen molar-refractivity contribution in [3.05, 3.63) is 64.1 Å². The second-order valence-corrected chi connectivity index (χ2v) is 8.66. The van der Waals surface area contributed by atoms with Gasteiger partial charge in [-0.3, -0.25) is 4.79 Å². The lowest BCUT2D eigenvalue weighted by Gasteiger charge is -2.29. The SMILES string of the molecule is CCCN(C(C)c1ccccc1Br)S(=O)(=O)c1ccc(C(=O)NC)cc1. The van der Waals surface area contributed by atoms with Gasteiger partial charge in [0.1, 0.15) is 0 Å². The van der Waals surface area contributed by atoms with Crippen LogP contribution < -0.4 is 5.32 Å². The molecule has 0 bridgehead atoms. The van der Waals surface area contributed by atoms with Crippen LogP contribution in [0.25, 0.3) is 0 Å². The fourth-order valence-corrected chi connectivity index (χ4v) is 5.09. The standard InChI is InChI=1S/C19H23BrN2O3S/c1-4-13-22(14(2)17-7-5-6-8-18(17)20)26(24,25)16-11-9-15(10-12-16)19(23)21-3/h5-12,14H,4,13H2,1-3H3,(H,21,23). The number of rotatable bonds is 7. The lowest BCUT2D eigenvalue weighted by Crippen LogP contribution is -2.34. The minimum atomic E-state index is -3.70. The molecule has 0 aromatic heterocycles. The molecule has 0 fully saturated rings. The molecule has 0 aliphatic carbocycles. The lowest BCUT2D eigenvalue weighted by atomic mass is 10.1. The summed E-state index contributed by atoms with van der Waals surface area (Å²) in [6, 6.07) is 13.3. The Morgan fingerprint density at radius 2 is 1.77 bits per heavy atom. The maximum atomic E-state index is 13.2. The number of benzene rings is 2. The van der Waals surface area contributed by atoms with Crippen LogP contribution in [0.4, 0.5) is 0 Å². The molecule has 0 saturated heterocycles. The summed E-state index contributed by atoms with van der Waals surface area (Å²) >= 11 is 3.51. The van der Waals surface area contributed by atoms with E-state index in [1.807, 2.05) is 38.1 Å². The van der Waals surface area contributed by atoms with Crippen LogP contribution in [0.5, 0.6) is 0 Å². The van der Waals surface area contributed by atoms with Crippen molar-refractivity contribution in [3.63, 3.8) is 0 Å². The topological polar surface area (TPSA) is 66.5 Å². The Hall–Kier alpha value is -1.70. The van der Waals surface area contributed by atoms with Crippen molar-refractivity contribution in [3.8, 4) is 0 Å². The van der Waals surface area contributed by atoms with E-state index < -0.39 is 10.0 Å². The fourth-order valence-electron chi connectivity index (χ4n) is 2.77. The monoisotopic (exact) mass is 438 g/mol. The summed E-state index contributed by atoms with van der Waals surface area (Å²) in [5.41, 5.74) is 1.33. The van der Waals surface area contributed by atoms with E-state index in [-0.39, 0.29) is 16.8 Å². The molecule has 0 spiro atoms. The summed E-state index contributed by atoms with van der Waals surface area (Å²) < 4.78 is 28.8. The van der Waals surface area contributed by atoms with Crippen molar-refractivity contribution in [1.29, 1.82) is 0 Å². The van der Waals surface area contributed by atoms with Crippen LogP contribution in [0.15, 0.2) is 57.9 Å². The largest absolute Gasteiger partial charge is 0.355 e. The van der Waals surface area contributed by atoms with Gasteiger partial charge in [-0.15, -0.1) is 0 Å². The van der Waals surface area contributed by atoms with E-state index in [0.717, 1.165) is 10.0 Å². The third-order valence-corrected chi connectivity index (χ3v) is 6.89. The number of amides is 1. The molecule has 1 atom stereocenters. The van der Waals surface area contributed by atoms with Crippen LogP contribution in [0.1, 0.15) is 42.2 Å². The van der Waals surface area contributed by atoms with E-state index >= 15 is 0 Å². The second kappa shape index (κ2) is 8.79. The molecule has 0 heterocycles. The zero-order chi connectivity index (χ0) is 19.3. The van der Waals surface area contributed by atoms with E-state index in [9.17, 15) is 13.2 Å². The zero-order valence-corrected chi connectivity index (χ0v) is 17.5. The van der Waals surface area contributed by atoms with Gasteiger partial charge in [0.25, 0.3) is 5.91 Å². The molecule has 2 aromatic rings. The highest BCUT2D eigenvalue weighted by Crippen LogP contribution is 2.31. The van der Waals surface area contributed by atoms with Gasteiger partial charge in [-0.1, -0.05) is 41.1 Å². The molecule has 26 heavy (non-hydrogen) atoms. The van der Waals surface area contributed by atoms with Crippen LogP contribution in [-0.2, 0) is 10.0 Å². The summed E-state index contributed by atoms with van der Waals surface area (Å²) in [6.45, 7) is 4.23. The van der Waals surface area contributed by atoms with Crippen LogP contribution in [0.2, 0.25) is 0 Å². The first kappa shape index (κ1) is 20.6. The van der Waals surface area contributed by atoms with Crippen molar-refractivity contribution in [2.24, 2.45) is 0 Å². The normalized spacial score (nSPS) is 12.8. The quantitative estimate of drug-likeness (QED) is 0.710. The number of hydrogen-bond donors (Lipinski definition) is 1. The summed E-state index contributed by atoms with van der Waals surface area (Å²) in [7, 11) is -2.16. The number of halogens is 1. The smallest absolute Gasteiger partial charge is 0.251 e. The molecule has 2 aromatic carbocycles. The van der Waals surface area contributed by atoms with Crippen LogP contribution in [-0.4, -0.2) is 32.2 Å². The number of nitrogens with one attached hydrogen (secondary N) is 1. The molecule has 1 unspecified atom stereocenters. The highest BCUT2D eigenvalue weighted by atomic mass is 79.9. The van der Waals surface area contributed by atoms with Gasteiger partial charge in [-0.25, -0.2) is 8.42 Å². The van der Waals surface area contributed by atoms with Crippen LogP contribution in [0, 0.1) is 0 Å². The third kappa shape index (κ3) is 4.34. The Labute approximate surface area is 163 Å². The van der Waals surface area contributed by atoms with Gasteiger partial charge in [0, 0.05) is 29.7 Å². The molecule has 7 heteroatoms. The van der Waals surface area contributed by atoms with Crippen molar-refractivity contribution in [1.82, 2.24) is 9.62 Å². The van der Waals surface area contributed by atoms with Gasteiger partial charge in [0.2, 0.25) is 10.0 Å². The average molecular weight is 439 g/mol. The van der Waals surface area contributed by atoms with E-state index in [1.54, 1.807) is 0 Å². The molecule has 0 radical (unpaired) electrons.